The van der Waals surface area contributed by atoms with Gasteiger partial charge in [0.2, 0.25) is 0 Å². The number of benzene rings is 1. The smallest absolute Gasteiger partial charge is 0.263 e. The van der Waals surface area contributed by atoms with E-state index in [0.29, 0.717) is 12.2 Å². The number of ether oxygens (including phenoxy) is 1. The molecular weight excluding hydrogens is 200 g/mol. The molecule has 0 amide bonds. The zero-order valence-corrected chi connectivity index (χ0v) is 8.28. The maximum absolute atomic E-state index is 12.4. The van der Waals surface area contributed by atoms with Crippen molar-refractivity contribution in [1.29, 1.82) is 5.26 Å². The van der Waals surface area contributed by atoms with Crippen molar-refractivity contribution in [2.75, 3.05) is 6.61 Å². The van der Waals surface area contributed by atoms with Crippen LogP contribution in [0.3, 0.4) is 0 Å². The van der Waals surface area contributed by atoms with Gasteiger partial charge >= 0.3 is 0 Å². The fourth-order valence-corrected chi connectivity index (χ4v) is 1.23. The summed E-state index contributed by atoms with van der Waals surface area (Å²) in [5.41, 5.74) is 0.379. The van der Waals surface area contributed by atoms with Gasteiger partial charge in [-0.1, -0.05) is 18.2 Å². The highest BCUT2D eigenvalue weighted by Crippen LogP contribution is 2.23. The van der Waals surface area contributed by atoms with Gasteiger partial charge in [-0.25, -0.2) is 8.78 Å². The van der Waals surface area contributed by atoms with Crippen molar-refractivity contribution in [3.8, 4) is 6.07 Å². The minimum atomic E-state index is -2.52. The SMILES string of the molecule is CCOC(C#N)c1cccc(C(F)F)c1. The molecule has 0 saturated carbocycles. The van der Waals surface area contributed by atoms with Gasteiger partial charge in [0.1, 0.15) is 0 Å². The lowest BCUT2D eigenvalue weighted by Gasteiger charge is -2.10. The highest BCUT2D eigenvalue weighted by molar-refractivity contribution is 5.28. The van der Waals surface area contributed by atoms with Gasteiger partial charge < -0.3 is 4.74 Å². The molecule has 1 unspecified atom stereocenters. The number of hydrogen-bond acceptors (Lipinski definition) is 2. The second-order valence-electron chi connectivity index (χ2n) is 2.94. The molecule has 80 valence electrons. The fourth-order valence-electron chi connectivity index (χ4n) is 1.23. The molecule has 1 rings (SSSR count). The Labute approximate surface area is 87.1 Å². The molecule has 0 saturated heterocycles. The number of hydrogen-bond donors (Lipinski definition) is 0. The van der Waals surface area contributed by atoms with Crippen molar-refractivity contribution in [3.63, 3.8) is 0 Å². The third kappa shape index (κ3) is 3.00. The maximum atomic E-state index is 12.4. The zero-order valence-electron chi connectivity index (χ0n) is 8.28. The summed E-state index contributed by atoms with van der Waals surface area (Å²) in [5.74, 6) is 0. The molecule has 0 fully saturated rings. The number of rotatable bonds is 4. The molecule has 0 aliphatic rings. The molecular formula is C11H11F2NO. The minimum Gasteiger partial charge on any atom is -0.359 e. The van der Waals surface area contributed by atoms with Crippen LogP contribution in [-0.4, -0.2) is 6.61 Å². The number of nitriles is 1. The first-order valence-electron chi connectivity index (χ1n) is 4.58. The Balaban J connectivity index is 2.93. The average Bonchev–Trinajstić information content (AvgIpc) is 2.26. The summed E-state index contributed by atoms with van der Waals surface area (Å²) < 4.78 is 29.9. The van der Waals surface area contributed by atoms with E-state index in [4.69, 9.17) is 10.00 Å². The molecule has 0 radical (unpaired) electrons. The summed E-state index contributed by atoms with van der Waals surface area (Å²) in [6.07, 6.45) is -3.29. The van der Waals surface area contributed by atoms with Gasteiger partial charge in [0, 0.05) is 12.2 Å². The standard InChI is InChI=1S/C11H11F2NO/c1-2-15-10(7-14)8-4-3-5-9(6-8)11(12)13/h3-6,10-11H,2H2,1H3. The van der Waals surface area contributed by atoms with Crippen molar-refractivity contribution in [2.45, 2.75) is 19.5 Å². The number of alkyl halides is 2. The van der Waals surface area contributed by atoms with E-state index in [0.717, 1.165) is 0 Å². The van der Waals surface area contributed by atoms with Gasteiger partial charge in [0.25, 0.3) is 6.43 Å². The Hall–Kier alpha value is -1.47. The van der Waals surface area contributed by atoms with Crippen LogP contribution in [0.15, 0.2) is 24.3 Å². The predicted octanol–water partition coefficient (Wildman–Crippen LogP) is 3.23. The van der Waals surface area contributed by atoms with E-state index in [1.165, 1.54) is 18.2 Å². The van der Waals surface area contributed by atoms with Crippen molar-refractivity contribution in [3.05, 3.63) is 35.4 Å². The Morgan fingerprint density at radius 1 is 1.40 bits per heavy atom. The molecule has 15 heavy (non-hydrogen) atoms. The van der Waals surface area contributed by atoms with E-state index in [1.54, 1.807) is 13.0 Å². The lowest BCUT2D eigenvalue weighted by Crippen LogP contribution is -2.02. The third-order valence-corrected chi connectivity index (χ3v) is 1.92. The Morgan fingerprint density at radius 2 is 2.07 bits per heavy atom. The molecule has 0 aromatic heterocycles. The van der Waals surface area contributed by atoms with Gasteiger partial charge in [-0.2, -0.15) is 5.26 Å². The molecule has 2 nitrogen and oxygen atoms in total. The molecule has 1 atom stereocenters. The van der Waals surface area contributed by atoms with E-state index >= 15 is 0 Å². The molecule has 0 aliphatic carbocycles. The first-order chi connectivity index (χ1) is 7.19. The quantitative estimate of drug-likeness (QED) is 0.766. The summed E-state index contributed by atoms with van der Waals surface area (Å²) in [4.78, 5) is 0. The molecule has 4 heteroatoms. The predicted molar refractivity (Wildman–Crippen MR) is 51.4 cm³/mol. The molecule has 0 bridgehead atoms. The zero-order chi connectivity index (χ0) is 11.3. The molecule has 0 spiro atoms. The Morgan fingerprint density at radius 3 is 2.60 bits per heavy atom. The van der Waals surface area contributed by atoms with Crippen LogP contribution < -0.4 is 0 Å². The highest BCUT2D eigenvalue weighted by atomic mass is 19.3. The maximum Gasteiger partial charge on any atom is 0.263 e. The normalized spacial score (nSPS) is 12.5. The molecule has 1 aromatic carbocycles. The van der Waals surface area contributed by atoms with Gasteiger partial charge in [0.05, 0.1) is 6.07 Å². The minimum absolute atomic E-state index is 0.0903. The summed E-state index contributed by atoms with van der Waals surface area (Å²) in [6, 6.07) is 7.65. The second-order valence-corrected chi connectivity index (χ2v) is 2.94. The van der Waals surface area contributed by atoms with Crippen molar-refractivity contribution in [1.82, 2.24) is 0 Å². The van der Waals surface area contributed by atoms with Crippen molar-refractivity contribution >= 4 is 0 Å². The van der Waals surface area contributed by atoms with Gasteiger partial charge in [0.15, 0.2) is 6.10 Å². The van der Waals surface area contributed by atoms with Gasteiger partial charge in [-0.15, -0.1) is 0 Å². The van der Waals surface area contributed by atoms with Crippen LogP contribution in [-0.2, 0) is 4.74 Å². The van der Waals surface area contributed by atoms with Crippen LogP contribution in [0, 0.1) is 11.3 Å². The van der Waals surface area contributed by atoms with Crippen LogP contribution >= 0.6 is 0 Å². The molecule has 0 N–H and O–H groups in total. The topological polar surface area (TPSA) is 33.0 Å². The van der Waals surface area contributed by atoms with E-state index in [-0.39, 0.29) is 5.56 Å². The number of nitrogens with zero attached hydrogens (tertiary/aromatic N) is 1. The average molecular weight is 211 g/mol. The van der Waals surface area contributed by atoms with E-state index in [2.05, 4.69) is 0 Å². The summed E-state index contributed by atoms with van der Waals surface area (Å²) in [5, 5.41) is 8.78. The second kappa shape index (κ2) is 5.42. The molecule has 1 aromatic rings. The lowest BCUT2D eigenvalue weighted by atomic mass is 10.1. The fraction of sp³-hybridized carbons (Fsp3) is 0.364. The van der Waals surface area contributed by atoms with Gasteiger partial charge in [-0.05, 0) is 18.6 Å². The largest absolute Gasteiger partial charge is 0.359 e. The van der Waals surface area contributed by atoms with Crippen LogP contribution in [0.4, 0.5) is 8.78 Å². The molecule has 0 aliphatic heterocycles. The van der Waals surface area contributed by atoms with Crippen LogP contribution in [0.2, 0.25) is 0 Å². The monoisotopic (exact) mass is 211 g/mol. The Kier molecular flexibility index (Phi) is 4.19. The van der Waals surface area contributed by atoms with Crippen molar-refractivity contribution < 1.29 is 13.5 Å². The first-order valence-corrected chi connectivity index (χ1v) is 4.58. The van der Waals surface area contributed by atoms with E-state index < -0.39 is 12.5 Å². The van der Waals surface area contributed by atoms with Crippen LogP contribution in [0.25, 0.3) is 0 Å². The lowest BCUT2D eigenvalue weighted by molar-refractivity contribution is 0.101. The van der Waals surface area contributed by atoms with Gasteiger partial charge in [-0.3, -0.25) is 0 Å². The summed E-state index contributed by atoms with van der Waals surface area (Å²) in [6.45, 7) is 2.12. The number of halogens is 2. The third-order valence-electron chi connectivity index (χ3n) is 1.92. The first kappa shape index (κ1) is 11.6. The van der Waals surface area contributed by atoms with Crippen LogP contribution in [0.1, 0.15) is 30.6 Å². The Bertz CT molecular complexity index is 360. The summed E-state index contributed by atoms with van der Waals surface area (Å²) in [7, 11) is 0. The molecule has 0 heterocycles. The van der Waals surface area contributed by atoms with E-state index in [1.807, 2.05) is 6.07 Å². The highest BCUT2D eigenvalue weighted by Gasteiger charge is 2.13. The van der Waals surface area contributed by atoms with Crippen molar-refractivity contribution in [2.24, 2.45) is 0 Å². The summed E-state index contributed by atoms with van der Waals surface area (Å²) >= 11 is 0. The van der Waals surface area contributed by atoms with Crippen LogP contribution in [0.5, 0.6) is 0 Å². The van der Waals surface area contributed by atoms with E-state index in [9.17, 15) is 8.78 Å².